The zero-order valence-corrected chi connectivity index (χ0v) is 20.4. The van der Waals surface area contributed by atoms with Gasteiger partial charge in [0.05, 0.1) is 12.1 Å². The number of carbonyl (C=O) groups excluding carboxylic acids is 1. The normalized spacial score (nSPS) is 19.4. The van der Waals surface area contributed by atoms with Gasteiger partial charge in [0.2, 0.25) is 5.91 Å². The van der Waals surface area contributed by atoms with E-state index in [1.807, 2.05) is 12.1 Å². The van der Waals surface area contributed by atoms with Gasteiger partial charge in [-0.25, -0.2) is 0 Å². The molecule has 1 amide bonds. The number of carbonyl (C=O) groups is 1. The summed E-state index contributed by atoms with van der Waals surface area (Å²) in [6.45, 7) is 16.9. The van der Waals surface area contributed by atoms with Crippen molar-refractivity contribution in [1.29, 1.82) is 0 Å². The lowest BCUT2D eigenvalue weighted by atomic mass is 10.0. The average Bonchev–Trinajstić information content (AvgIpc) is 3.17. The van der Waals surface area contributed by atoms with Gasteiger partial charge >= 0.3 is 0 Å². The summed E-state index contributed by atoms with van der Waals surface area (Å²) in [6, 6.07) is 5.93. The first-order chi connectivity index (χ1) is 14.1. The van der Waals surface area contributed by atoms with Gasteiger partial charge in [-0.3, -0.25) is 4.79 Å². The molecule has 1 aromatic rings. The summed E-state index contributed by atoms with van der Waals surface area (Å²) in [7, 11) is -2.10. The minimum atomic E-state index is -2.10. The number of nitrogens with one attached hydrogen (secondary N) is 1. The molecule has 1 N–H and O–H groups in total. The number of hydrogen-bond acceptors (Lipinski definition) is 5. The number of fused-ring (bicyclic) bond motifs is 1. The summed E-state index contributed by atoms with van der Waals surface area (Å²) >= 11 is 0. The Morgan fingerprint density at radius 3 is 2.40 bits per heavy atom. The highest BCUT2D eigenvalue weighted by atomic mass is 28.4. The molecule has 2 atom stereocenters. The Kier molecular flexibility index (Phi) is 7.15. The Balaban J connectivity index is 1.96. The molecular formula is C23H38N2O4Si. The molecule has 1 fully saturated rings. The lowest BCUT2D eigenvalue weighted by Gasteiger charge is -2.42. The van der Waals surface area contributed by atoms with E-state index in [0.717, 1.165) is 36.7 Å². The predicted molar refractivity (Wildman–Crippen MR) is 122 cm³/mol. The van der Waals surface area contributed by atoms with E-state index in [4.69, 9.17) is 13.9 Å². The van der Waals surface area contributed by atoms with E-state index in [1.54, 1.807) is 6.92 Å². The van der Waals surface area contributed by atoms with Crippen LogP contribution in [0.3, 0.4) is 0 Å². The Hall–Kier alpha value is -1.57. The van der Waals surface area contributed by atoms with Crippen LogP contribution in [-0.4, -0.2) is 58.0 Å². The fraction of sp³-hybridized carbons (Fsp3) is 0.696. The van der Waals surface area contributed by atoms with Gasteiger partial charge in [0, 0.05) is 13.5 Å². The van der Waals surface area contributed by atoms with Crippen LogP contribution in [0.5, 0.6) is 11.5 Å². The third-order valence-electron chi connectivity index (χ3n) is 6.53. The lowest BCUT2D eigenvalue weighted by Crippen LogP contribution is -2.51. The molecule has 3 rings (SSSR count). The first kappa shape index (κ1) is 23.1. The highest BCUT2D eigenvalue weighted by Crippen LogP contribution is 2.42. The molecule has 1 saturated heterocycles. The van der Waals surface area contributed by atoms with E-state index < -0.39 is 8.32 Å². The van der Waals surface area contributed by atoms with Crippen LogP contribution >= 0.6 is 0 Å². The van der Waals surface area contributed by atoms with Crippen molar-refractivity contribution < 1.29 is 18.7 Å². The predicted octanol–water partition coefficient (Wildman–Crippen LogP) is 4.12. The summed E-state index contributed by atoms with van der Waals surface area (Å²) in [5.41, 5.74) is 1.03. The molecule has 30 heavy (non-hydrogen) atoms. The van der Waals surface area contributed by atoms with E-state index in [2.05, 4.69) is 50.1 Å². The number of ether oxygens (including phenoxy) is 2. The van der Waals surface area contributed by atoms with Crippen LogP contribution in [0.15, 0.2) is 18.2 Å². The fourth-order valence-electron chi connectivity index (χ4n) is 3.84. The van der Waals surface area contributed by atoms with Gasteiger partial charge in [-0.2, -0.15) is 0 Å². The van der Waals surface area contributed by atoms with E-state index in [-0.39, 0.29) is 23.1 Å². The Labute approximate surface area is 182 Å². The first-order valence-corrected chi connectivity index (χ1v) is 14.0. The highest BCUT2D eigenvalue weighted by Gasteiger charge is 2.42. The van der Waals surface area contributed by atoms with Crippen LogP contribution < -0.4 is 14.8 Å². The second-order valence-corrected chi connectivity index (χ2v) is 14.8. The SMILES string of the molecule is CC(=O)N[C@H](CN1CCCC1)[C@H](O[Si](C)(C)C(C)(C)C)c1ccc2c(c1)OCCO2. The number of hydrogen-bond donors (Lipinski definition) is 1. The molecule has 0 spiro atoms. The Morgan fingerprint density at radius 2 is 1.80 bits per heavy atom. The molecule has 2 aliphatic rings. The monoisotopic (exact) mass is 434 g/mol. The van der Waals surface area contributed by atoms with E-state index >= 15 is 0 Å². The molecule has 0 saturated carbocycles. The van der Waals surface area contributed by atoms with Crippen molar-refractivity contribution in [2.24, 2.45) is 0 Å². The summed E-state index contributed by atoms with van der Waals surface area (Å²) < 4.78 is 18.5. The van der Waals surface area contributed by atoms with E-state index in [0.29, 0.717) is 13.2 Å². The highest BCUT2D eigenvalue weighted by molar-refractivity contribution is 6.74. The molecule has 0 aliphatic carbocycles. The summed E-state index contributed by atoms with van der Waals surface area (Å²) in [6.07, 6.45) is 2.18. The molecule has 7 heteroatoms. The van der Waals surface area contributed by atoms with Crippen molar-refractivity contribution >= 4 is 14.2 Å². The summed E-state index contributed by atoms with van der Waals surface area (Å²) in [5, 5.41) is 3.27. The smallest absolute Gasteiger partial charge is 0.217 e. The molecule has 6 nitrogen and oxygen atoms in total. The molecule has 2 heterocycles. The molecule has 0 aromatic heterocycles. The van der Waals surface area contributed by atoms with Crippen LogP contribution in [0.4, 0.5) is 0 Å². The number of amides is 1. The van der Waals surface area contributed by atoms with Crippen LogP contribution in [-0.2, 0) is 9.22 Å². The average molecular weight is 435 g/mol. The molecule has 0 bridgehead atoms. The second-order valence-electron chi connectivity index (χ2n) is 10.0. The van der Waals surface area contributed by atoms with Gasteiger partial charge in [-0.15, -0.1) is 0 Å². The second kappa shape index (κ2) is 9.28. The molecule has 0 unspecified atom stereocenters. The molecular weight excluding hydrogens is 396 g/mol. The van der Waals surface area contributed by atoms with Gasteiger partial charge < -0.3 is 24.1 Å². The topological polar surface area (TPSA) is 60.0 Å². The van der Waals surface area contributed by atoms with Crippen LogP contribution in [0.25, 0.3) is 0 Å². The van der Waals surface area contributed by atoms with Gasteiger partial charge in [0.15, 0.2) is 19.8 Å². The van der Waals surface area contributed by atoms with Crippen molar-refractivity contribution in [2.75, 3.05) is 32.8 Å². The van der Waals surface area contributed by atoms with Gasteiger partial charge in [0.25, 0.3) is 0 Å². The van der Waals surface area contributed by atoms with Crippen LogP contribution in [0, 0.1) is 0 Å². The maximum absolute atomic E-state index is 12.1. The molecule has 0 radical (unpaired) electrons. The van der Waals surface area contributed by atoms with E-state index in [1.165, 1.54) is 12.8 Å². The zero-order chi connectivity index (χ0) is 21.9. The zero-order valence-electron chi connectivity index (χ0n) is 19.4. The van der Waals surface area contributed by atoms with Gasteiger partial charge in [-0.1, -0.05) is 26.8 Å². The van der Waals surface area contributed by atoms with Gasteiger partial charge in [-0.05, 0) is 61.8 Å². The number of benzene rings is 1. The van der Waals surface area contributed by atoms with Crippen molar-refractivity contribution in [3.63, 3.8) is 0 Å². The third-order valence-corrected chi connectivity index (χ3v) is 11.0. The fourth-order valence-corrected chi connectivity index (χ4v) is 5.12. The first-order valence-electron chi connectivity index (χ1n) is 11.1. The minimum Gasteiger partial charge on any atom is -0.486 e. The van der Waals surface area contributed by atoms with Crippen molar-refractivity contribution in [3.8, 4) is 11.5 Å². The maximum Gasteiger partial charge on any atom is 0.217 e. The standard InChI is InChI=1S/C23H38N2O4Si/c1-17(26)24-19(16-25-11-7-8-12-25)22(29-30(5,6)23(2,3)4)18-9-10-20-21(15-18)28-14-13-27-20/h9-10,15,19,22H,7-8,11-14,16H2,1-6H3,(H,24,26)/t19-,22-/m1/s1. The van der Waals surface area contributed by atoms with Crippen molar-refractivity contribution in [1.82, 2.24) is 10.2 Å². The summed E-state index contributed by atoms with van der Waals surface area (Å²) in [5.74, 6) is 1.50. The Morgan fingerprint density at radius 1 is 1.17 bits per heavy atom. The van der Waals surface area contributed by atoms with E-state index in [9.17, 15) is 4.79 Å². The van der Waals surface area contributed by atoms with Gasteiger partial charge in [0.1, 0.15) is 13.2 Å². The molecule has 168 valence electrons. The van der Waals surface area contributed by atoms with Crippen LogP contribution in [0.1, 0.15) is 52.2 Å². The largest absolute Gasteiger partial charge is 0.486 e. The number of rotatable bonds is 7. The Bertz CT molecular complexity index is 741. The lowest BCUT2D eigenvalue weighted by molar-refractivity contribution is -0.120. The van der Waals surface area contributed by atoms with Crippen molar-refractivity contribution in [3.05, 3.63) is 23.8 Å². The maximum atomic E-state index is 12.1. The molecule has 2 aliphatic heterocycles. The third kappa shape index (κ3) is 5.56. The van der Waals surface area contributed by atoms with Crippen LogP contribution in [0.2, 0.25) is 18.1 Å². The number of nitrogens with zero attached hydrogens (tertiary/aromatic N) is 1. The van der Waals surface area contributed by atoms with Crippen molar-refractivity contribution in [2.45, 2.75) is 70.8 Å². The minimum absolute atomic E-state index is 0.0272. The summed E-state index contributed by atoms with van der Waals surface area (Å²) in [4.78, 5) is 14.6. The molecule has 1 aromatic carbocycles. The quantitative estimate of drug-likeness (QED) is 0.654. The number of likely N-dealkylation sites (tertiary alicyclic amines) is 1.